The molecule has 37 heavy (non-hydrogen) atoms. The van der Waals surface area contributed by atoms with Crippen molar-refractivity contribution in [1.29, 1.82) is 0 Å². The maximum atomic E-state index is 13.0. The van der Waals surface area contributed by atoms with Crippen molar-refractivity contribution in [2.24, 2.45) is 16.7 Å². The lowest BCUT2D eigenvalue weighted by molar-refractivity contribution is -0.347. The van der Waals surface area contributed by atoms with Crippen LogP contribution in [0.3, 0.4) is 0 Å². The van der Waals surface area contributed by atoms with E-state index in [1.807, 2.05) is 6.92 Å². The second-order valence-electron chi connectivity index (χ2n) is 12.0. The van der Waals surface area contributed by atoms with Gasteiger partial charge in [0.15, 0.2) is 0 Å². The van der Waals surface area contributed by atoms with Crippen molar-refractivity contribution in [3.8, 4) is 0 Å². The lowest BCUT2D eigenvalue weighted by Crippen LogP contribution is -2.55. The SMILES string of the molecule is CCCC(C(C)(C)CCC/C(C)=C\C=C1\CCC[C@H](O)C1)C1(C/C=C/C(O)(C(F)(F)F)C(F)(F)F)CC1. The van der Waals surface area contributed by atoms with Gasteiger partial charge in [-0.05, 0) is 100 Å². The fraction of sp³-hybridized carbons (Fsp3) is 0.793. The Hall–Kier alpha value is -1.28. The standard InChI is InChI=1S/C29H44F6O2/c1-5-9-24(26(18-19-26)16-8-17-27(37,28(30,31)32)29(33,34)35)25(3,4)15-7-10-21(2)13-14-22-11-6-12-23(36)20-22/h8,13-14,17,23-24,36-37H,5-7,9-12,15-16,18-20H2,1-4H3/b17-8+,21-13-,22-14-/t23-,24?/m0/s1. The second kappa shape index (κ2) is 12.3. The van der Waals surface area contributed by atoms with Gasteiger partial charge in [-0.25, -0.2) is 0 Å². The minimum Gasteiger partial charge on any atom is -0.393 e. The van der Waals surface area contributed by atoms with Gasteiger partial charge in [0, 0.05) is 0 Å². The molecule has 2 rings (SSSR count). The number of aliphatic hydroxyl groups is 2. The predicted octanol–water partition coefficient (Wildman–Crippen LogP) is 8.99. The minimum absolute atomic E-state index is 0.0912. The van der Waals surface area contributed by atoms with Gasteiger partial charge < -0.3 is 10.2 Å². The smallest absolute Gasteiger partial charge is 0.393 e. The zero-order valence-corrected chi connectivity index (χ0v) is 22.6. The summed E-state index contributed by atoms with van der Waals surface area (Å²) in [5.41, 5.74) is -2.77. The highest BCUT2D eigenvalue weighted by Crippen LogP contribution is 2.62. The van der Waals surface area contributed by atoms with E-state index in [-0.39, 0.29) is 35.3 Å². The molecular formula is C29H44F6O2. The fourth-order valence-corrected chi connectivity index (χ4v) is 6.05. The van der Waals surface area contributed by atoms with Gasteiger partial charge >= 0.3 is 12.4 Å². The van der Waals surface area contributed by atoms with E-state index < -0.39 is 18.0 Å². The highest BCUT2D eigenvalue weighted by molar-refractivity contribution is 5.19. The number of halogens is 6. The van der Waals surface area contributed by atoms with E-state index in [9.17, 15) is 36.6 Å². The first-order chi connectivity index (χ1) is 17.0. The molecule has 0 spiro atoms. The zero-order chi connectivity index (χ0) is 28.1. The average Bonchev–Trinajstić information content (AvgIpc) is 3.54. The molecule has 1 unspecified atom stereocenters. The van der Waals surface area contributed by atoms with Crippen LogP contribution in [0.1, 0.15) is 105 Å². The molecule has 2 nitrogen and oxygen atoms in total. The Balaban J connectivity index is 2.04. The van der Waals surface area contributed by atoms with Gasteiger partial charge in [0.05, 0.1) is 6.10 Å². The molecule has 0 radical (unpaired) electrons. The number of aliphatic hydroxyl groups excluding tert-OH is 1. The average molecular weight is 539 g/mol. The lowest BCUT2D eigenvalue weighted by Gasteiger charge is -2.41. The Morgan fingerprint density at radius 2 is 1.73 bits per heavy atom. The summed E-state index contributed by atoms with van der Waals surface area (Å²) < 4.78 is 78.3. The molecule has 2 aliphatic rings. The largest absolute Gasteiger partial charge is 0.429 e. The Kier molecular flexibility index (Phi) is 10.6. The molecule has 8 heteroatoms. The van der Waals surface area contributed by atoms with Gasteiger partial charge in [0.25, 0.3) is 5.60 Å². The van der Waals surface area contributed by atoms with E-state index in [1.165, 1.54) is 11.1 Å². The van der Waals surface area contributed by atoms with Crippen LogP contribution in [-0.2, 0) is 0 Å². The highest BCUT2D eigenvalue weighted by atomic mass is 19.4. The van der Waals surface area contributed by atoms with Crippen molar-refractivity contribution in [2.75, 3.05) is 0 Å². The summed E-state index contributed by atoms with van der Waals surface area (Å²) in [6, 6.07) is 0. The molecule has 0 saturated heterocycles. The zero-order valence-electron chi connectivity index (χ0n) is 22.6. The number of hydrogen-bond acceptors (Lipinski definition) is 2. The van der Waals surface area contributed by atoms with Crippen LogP contribution in [0, 0.1) is 16.7 Å². The quantitative estimate of drug-likeness (QED) is 0.192. The van der Waals surface area contributed by atoms with E-state index in [0.717, 1.165) is 76.7 Å². The van der Waals surface area contributed by atoms with Gasteiger partial charge in [-0.1, -0.05) is 56.6 Å². The molecule has 2 fully saturated rings. The van der Waals surface area contributed by atoms with Crippen LogP contribution in [0.2, 0.25) is 0 Å². The summed E-state index contributed by atoms with van der Waals surface area (Å²) in [5.74, 6) is 0.162. The molecule has 0 aliphatic heterocycles. The van der Waals surface area contributed by atoms with Gasteiger partial charge in [-0.2, -0.15) is 26.3 Å². The number of alkyl halides is 6. The van der Waals surface area contributed by atoms with Crippen LogP contribution in [-0.4, -0.2) is 34.3 Å². The van der Waals surface area contributed by atoms with E-state index in [4.69, 9.17) is 0 Å². The van der Waals surface area contributed by atoms with E-state index in [2.05, 4.69) is 32.9 Å². The summed E-state index contributed by atoms with van der Waals surface area (Å²) in [6.07, 6.45) is 2.85. The molecule has 2 saturated carbocycles. The molecule has 214 valence electrons. The van der Waals surface area contributed by atoms with Gasteiger partial charge in [0.1, 0.15) is 0 Å². The van der Waals surface area contributed by atoms with Crippen molar-refractivity contribution in [3.05, 3.63) is 35.5 Å². The molecule has 2 atom stereocenters. The summed E-state index contributed by atoms with van der Waals surface area (Å²) in [6.45, 7) is 8.44. The van der Waals surface area contributed by atoms with Crippen LogP contribution in [0.4, 0.5) is 26.3 Å². The fourth-order valence-electron chi connectivity index (χ4n) is 6.05. The molecule has 2 aliphatic carbocycles. The first-order valence-electron chi connectivity index (χ1n) is 13.5. The van der Waals surface area contributed by atoms with Crippen LogP contribution in [0.5, 0.6) is 0 Å². The summed E-state index contributed by atoms with van der Waals surface area (Å²) in [7, 11) is 0. The predicted molar refractivity (Wildman–Crippen MR) is 135 cm³/mol. The van der Waals surface area contributed by atoms with Gasteiger partial charge in [-0.15, -0.1) is 0 Å². The van der Waals surface area contributed by atoms with E-state index in [0.29, 0.717) is 0 Å². The molecule has 0 heterocycles. The van der Waals surface area contributed by atoms with E-state index >= 15 is 0 Å². The van der Waals surface area contributed by atoms with Crippen LogP contribution in [0.15, 0.2) is 35.5 Å². The number of allylic oxidation sites excluding steroid dienone is 4. The number of hydrogen-bond donors (Lipinski definition) is 2. The summed E-state index contributed by atoms with van der Waals surface area (Å²) in [4.78, 5) is 0. The Morgan fingerprint density at radius 1 is 1.11 bits per heavy atom. The molecule has 2 N–H and O–H groups in total. The van der Waals surface area contributed by atoms with E-state index in [1.54, 1.807) is 0 Å². The number of rotatable bonds is 12. The van der Waals surface area contributed by atoms with Crippen molar-refractivity contribution in [1.82, 2.24) is 0 Å². The maximum Gasteiger partial charge on any atom is 0.429 e. The third kappa shape index (κ3) is 8.35. The van der Waals surface area contributed by atoms with Crippen molar-refractivity contribution in [3.63, 3.8) is 0 Å². The third-order valence-corrected chi connectivity index (χ3v) is 8.43. The molecule has 0 amide bonds. The van der Waals surface area contributed by atoms with Crippen molar-refractivity contribution < 1.29 is 36.6 Å². The molecular weight excluding hydrogens is 494 g/mol. The minimum atomic E-state index is -5.83. The first-order valence-corrected chi connectivity index (χ1v) is 13.5. The molecule has 0 bridgehead atoms. The summed E-state index contributed by atoms with van der Waals surface area (Å²) >= 11 is 0. The highest BCUT2D eigenvalue weighted by Gasteiger charge is 2.69. The van der Waals surface area contributed by atoms with Gasteiger partial charge in [-0.3, -0.25) is 0 Å². The Bertz CT molecular complexity index is 816. The van der Waals surface area contributed by atoms with Crippen LogP contribution < -0.4 is 0 Å². The van der Waals surface area contributed by atoms with Crippen LogP contribution >= 0.6 is 0 Å². The third-order valence-electron chi connectivity index (χ3n) is 8.43. The first kappa shape index (κ1) is 31.9. The monoisotopic (exact) mass is 538 g/mol. The van der Waals surface area contributed by atoms with Crippen molar-refractivity contribution >= 4 is 0 Å². The van der Waals surface area contributed by atoms with Crippen molar-refractivity contribution in [2.45, 2.75) is 129 Å². The summed E-state index contributed by atoms with van der Waals surface area (Å²) in [5, 5.41) is 19.3. The molecule has 0 aromatic heterocycles. The topological polar surface area (TPSA) is 40.5 Å². The Morgan fingerprint density at radius 3 is 2.24 bits per heavy atom. The Labute approximate surface area is 217 Å². The van der Waals surface area contributed by atoms with Crippen LogP contribution in [0.25, 0.3) is 0 Å². The molecule has 0 aromatic rings. The molecule has 0 aromatic carbocycles. The lowest BCUT2D eigenvalue weighted by atomic mass is 9.64. The van der Waals surface area contributed by atoms with Gasteiger partial charge in [0.2, 0.25) is 0 Å². The maximum absolute atomic E-state index is 13.0. The second-order valence-corrected chi connectivity index (χ2v) is 12.0. The normalized spacial score (nSPS) is 23.6.